The first kappa shape index (κ1) is 11.9. The molecule has 0 spiro atoms. The summed E-state index contributed by atoms with van der Waals surface area (Å²) >= 11 is 0. The van der Waals surface area contributed by atoms with E-state index in [1.54, 1.807) is 0 Å². The Morgan fingerprint density at radius 2 is 2.12 bits per heavy atom. The topological polar surface area (TPSA) is 40.9 Å². The van der Waals surface area contributed by atoms with E-state index in [0.29, 0.717) is 5.78 Å². The molecule has 0 aliphatic heterocycles. The molecule has 1 aromatic carbocycles. The lowest BCUT2D eigenvalue weighted by molar-refractivity contribution is -0.120. The van der Waals surface area contributed by atoms with E-state index < -0.39 is 0 Å². The first-order valence-corrected chi connectivity index (χ1v) is 6.22. The molecule has 2 rings (SSSR count). The first-order valence-electron chi connectivity index (χ1n) is 6.22. The fraction of sp³-hybridized carbons (Fsp3) is 0.467. The Hall–Kier alpha value is -1.62. The van der Waals surface area contributed by atoms with Crippen molar-refractivity contribution in [3.8, 4) is 6.07 Å². The minimum atomic E-state index is -0.0582. The van der Waals surface area contributed by atoms with E-state index in [4.69, 9.17) is 5.26 Å². The molecular formula is C15H17NO. The Balaban J connectivity index is 2.03. The molecule has 0 bridgehead atoms. The quantitative estimate of drug-likeness (QED) is 0.795. The molecule has 0 N–H and O–H groups in total. The highest BCUT2D eigenvalue weighted by Crippen LogP contribution is 2.25. The predicted molar refractivity (Wildman–Crippen MR) is 66.5 cm³/mol. The standard InChI is InChI=1S/C15H17NO/c1-11(10-16)13-7-5-12(6-8-13)9-14-3-2-4-15(14)17/h5-8,11,14H,2-4,9H2,1H3. The van der Waals surface area contributed by atoms with Crippen LogP contribution in [0.4, 0.5) is 0 Å². The van der Waals surface area contributed by atoms with Crippen LogP contribution in [0.15, 0.2) is 24.3 Å². The lowest BCUT2D eigenvalue weighted by atomic mass is 9.95. The fourth-order valence-electron chi connectivity index (χ4n) is 2.41. The molecule has 17 heavy (non-hydrogen) atoms. The number of hydrogen-bond acceptors (Lipinski definition) is 2. The van der Waals surface area contributed by atoms with Crippen LogP contribution in [0.2, 0.25) is 0 Å². The third kappa shape index (κ3) is 2.74. The summed E-state index contributed by atoms with van der Waals surface area (Å²) in [5.41, 5.74) is 2.26. The molecule has 0 amide bonds. The monoisotopic (exact) mass is 227 g/mol. The zero-order valence-corrected chi connectivity index (χ0v) is 10.1. The maximum absolute atomic E-state index is 11.6. The summed E-state index contributed by atoms with van der Waals surface area (Å²) in [4.78, 5) is 11.6. The second kappa shape index (κ2) is 5.14. The van der Waals surface area contributed by atoms with Crippen molar-refractivity contribution >= 4 is 5.78 Å². The van der Waals surface area contributed by atoms with E-state index >= 15 is 0 Å². The van der Waals surface area contributed by atoms with Gasteiger partial charge in [-0.1, -0.05) is 24.3 Å². The molecule has 1 saturated carbocycles. The molecule has 0 saturated heterocycles. The Bertz CT molecular complexity index is 441. The van der Waals surface area contributed by atoms with Crippen molar-refractivity contribution in [3.63, 3.8) is 0 Å². The molecule has 2 unspecified atom stereocenters. The summed E-state index contributed by atoms with van der Waals surface area (Å²) in [5, 5.41) is 8.83. The van der Waals surface area contributed by atoms with Crippen LogP contribution >= 0.6 is 0 Å². The summed E-state index contributed by atoms with van der Waals surface area (Å²) < 4.78 is 0. The van der Waals surface area contributed by atoms with Crippen molar-refractivity contribution in [1.29, 1.82) is 5.26 Å². The average Bonchev–Trinajstić information content (AvgIpc) is 2.75. The number of carbonyl (C=O) groups is 1. The van der Waals surface area contributed by atoms with Gasteiger partial charge in [0.2, 0.25) is 0 Å². The van der Waals surface area contributed by atoms with E-state index in [9.17, 15) is 4.79 Å². The van der Waals surface area contributed by atoms with E-state index in [-0.39, 0.29) is 11.8 Å². The molecule has 1 aliphatic rings. The van der Waals surface area contributed by atoms with Crippen LogP contribution in [-0.2, 0) is 11.2 Å². The van der Waals surface area contributed by atoms with Crippen molar-refractivity contribution in [1.82, 2.24) is 0 Å². The van der Waals surface area contributed by atoms with E-state index in [1.165, 1.54) is 5.56 Å². The molecule has 0 heterocycles. The largest absolute Gasteiger partial charge is 0.299 e. The van der Waals surface area contributed by atoms with Crippen LogP contribution in [0.5, 0.6) is 0 Å². The number of hydrogen-bond donors (Lipinski definition) is 0. The number of Topliss-reactive ketones (excluding diaryl/α,β-unsaturated/α-hetero) is 1. The lowest BCUT2D eigenvalue weighted by Crippen LogP contribution is -2.09. The second-order valence-corrected chi connectivity index (χ2v) is 4.85. The van der Waals surface area contributed by atoms with Crippen molar-refractivity contribution in [2.45, 2.75) is 38.5 Å². The van der Waals surface area contributed by atoms with Gasteiger partial charge in [0, 0.05) is 12.3 Å². The number of nitrogens with zero attached hydrogens (tertiary/aromatic N) is 1. The van der Waals surface area contributed by atoms with Crippen LogP contribution in [0, 0.1) is 17.2 Å². The summed E-state index contributed by atoms with van der Waals surface area (Å²) in [5.74, 6) is 0.589. The lowest BCUT2D eigenvalue weighted by Gasteiger charge is -2.09. The van der Waals surface area contributed by atoms with Crippen LogP contribution in [0.1, 0.15) is 43.2 Å². The fourth-order valence-corrected chi connectivity index (χ4v) is 2.41. The maximum atomic E-state index is 11.6. The van der Waals surface area contributed by atoms with Crippen molar-refractivity contribution in [2.24, 2.45) is 5.92 Å². The molecule has 1 fully saturated rings. The maximum Gasteiger partial charge on any atom is 0.136 e. The minimum absolute atomic E-state index is 0.0582. The number of nitriles is 1. The van der Waals surface area contributed by atoms with Crippen LogP contribution in [-0.4, -0.2) is 5.78 Å². The van der Waals surface area contributed by atoms with Gasteiger partial charge < -0.3 is 0 Å². The smallest absolute Gasteiger partial charge is 0.136 e. The third-order valence-corrected chi connectivity index (χ3v) is 3.59. The van der Waals surface area contributed by atoms with Crippen molar-refractivity contribution in [2.75, 3.05) is 0 Å². The molecular weight excluding hydrogens is 210 g/mol. The van der Waals surface area contributed by atoms with Gasteiger partial charge in [-0.3, -0.25) is 4.79 Å². The molecule has 1 aromatic rings. The van der Waals surface area contributed by atoms with E-state index in [2.05, 4.69) is 18.2 Å². The van der Waals surface area contributed by atoms with Crippen molar-refractivity contribution in [3.05, 3.63) is 35.4 Å². The van der Waals surface area contributed by atoms with Crippen molar-refractivity contribution < 1.29 is 4.79 Å². The van der Waals surface area contributed by atoms with Gasteiger partial charge in [-0.2, -0.15) is 5.26 Å². The van der Waals surface area contributed by atoms with Crippen LogP contribution in [0.3, 0.4) is 0 Å². The number of rotatable bonds is 3. The van der Waals surface area contributed by atoms with Gasteiger partial charge in [0.25, 0.3) is 0 Å². The highest BCUT2D eigenvalue weighted by Gasteiger charge is 2.24. The molecule has 88 valence electrons. The van der Waals surface area contributed by atoms with E-state index in [0.717, 1.165) is 31.2 Å². The molecule has 1 aliphatic carbocycles. The van der Waals surface area contributed by atoms with E-state index in [1.807, 2.05) is 19.1 Å². The normalized spacial score (nSPS) is 21.2. The predicted octanol–water partition coefficient (Wildman–Crippen LogP) is 3.23. The summed E-state index contributed by atoms with van der Waals surface area (Å²) in [7, 11) is 0. The average molecular weight is 227 g/mol. The minimum Gasteiger partial charge on any atom is -0.299 e. The summed E-state index contributed by atoms with van der Waals surface area (Å²) in [6, 6.07) is 10.3. The van der Waals surface area contributed by atoms with Gasteiger partial charge in [-0.15, -0.1) is 0 Å². The summed E-state index contributed by atoms with van der Waals surface area (Å²) in [6.45, 7) is 1.90. The number of carbonyl (C=O) groups excluding carboxylic acids is 1. The third-order valence-electron chi connectivity index (χ3n) is 3.59. The molecule has 2 atom stereocenters. The molecule has 2 nitrogen and oxygen atoms in total. The highest BCUT2D eigenvalue weighted by molar-refractivity contribution is 5.83. The second-order valence-electron chi connectivity index (χ2n) is 4.85. The Morgan fingerprint density at radius 3 is 2.65 bits per heavy atom. The molecule has 2 heteroatoms. The van der Waals surface area contributed by atoms with Gasteiger partial charge in [-0.05, 0) is 37.3 Å². The Labute approximate surface area is 102 Å². The first-order chi connectivity index (χ1) is 8.20. The Kier molecular flexibility index (Phi) is 3.58. The zero-order valence-electron chi connectivity index (χ0n) is 10.1. The van der Waals surface area contributed by atoms with Crippen LogP contribution in [0.25, 0.3) is 0 Å². The number of benzene rings is 1. The Morgan fingerprint density at radius 1 is 1.41 bits per heavy atom. The van der Waals surface area contributed by atoms with Gasteiger partial charge in [-0.25, -0.2) is 0 Å². The van der Waals surface area contributed by atoms with Gasteiger partial charge >= 0.3 is 0 Å². The van der Waals surface area contributed by atoms with Gasteiger partial charge in [0.1, 0.15) is 5.78 Å². The van der Waals surface area contributed by atoms with Gasteiger partial charge in [0.05, 0.1) is 12.0 Å². The summed E-state index contributed by atoms with van der Waals surface area (Å²) in [6.07, 6.45) is 3.70. The van der Waals surface area contributed by atoms with Gasteiger partial charge in [0.15, 0.2) is 0 Å². The molecule has 0 radical (unpaired) electrons. The zero-order chi connectivity index (χ0) is 12.3. The SMILES string of the molecule is CC(C#N)c1ccc(CC2CCCC2=O)cc1. The molecule has 0 aromatic heterocycles. The van der Waals surface area contributed by atoms with Crippen LogP contribution < -0.4 is 0 Å². The highest BCUT2D eigenvalue weighted by atomic mass is 16.1. The number of ketones is 1.